The summed E-state index contributed by atoms with van der Waals surface area (Å²) in [5.41, 5.74) is 5.33. The second-order valence-corrected chi connectivity index (χ2v) is 13.5. The number of para-hydroxylation sites is 1. The molecule has 1 unspecified atom stereocenters. The van der Waals surface area contributed by atoms with Gasteiger partial charge in [-0.05, 0) is 55.7 Å². The number of rotatable bonds is 10. The summed E-state index contributed by atoms with van der Waals surface area (Å²) >= 11 is 1.04. The molecule has 1 saturated heterocycles. The minimum Gasteiger partial charge on any atom is -0.457 e. The molecule has 3 aromatic carbocycles. The molecule has 3 aromatic heterocycles. The van der Waals surface area contributed by atoms with Crippen molar-refractivity contribution in [2.75, 3.05) is 25.4 Å². The number of thiophene rings is 1. The van der Waals surface area contributed by atoms with Crippen LogP contribution >= 0.6 is 11.3 Å². The van der Waals surface area contributed by atoms with Gasteiger partial charge in [0.15, 0.2) is 7.23 Å². The predicted octanol–water partition coefficient (Wildman–Crippen LogP) is 4.78. The van der Waals surface area contributed by atoms with E-state index in [9.17, 15) is 23.5 Å². The zero-order valence-electron chi connectivity index (χ0n) is 28.4. The van der Waals surface area contributed by atoms with Gasteiger partial charge in [0.05, 0.1) is 22.6 Å². The van der Waals surface area contributed by atoms with E-state index in [-0.39, 0.29) is 29.3 Å². The SMILES string of the molecule is [2H]N(C(=O)c1cc2c(nc(N)c(=O)n2-c2ccc(C)c(Oc3ccccc3)c2)s1)C1CCN(CC(O)(Cn2cncn2)c2ccc(F)cc2F)CC1. The van der Waals surface area contributed by atoms with Gasteiger partial charge in [0.2, 0.25) is 0 Å². The van der Waals surface area contributed by atoms with Gasteiger partial charge >= 0.3 is 0 Å². The number of fused-ring (bicyclic) bond motifs is 1. The van der Waals surface area contributed by atoms with E-state index in [4.69, 9.17) is 11.9 Å². The Morgan fingerprint density at radius 3 is 2.63 bits per heavy atom. The number of hydrogen-bond acceptors (Lipinski definition) is 10. The van der Waals surface area contributed by atoms with Crippen LogP contribution in [0.2, 0.25) is 1.41 Å². The Morgan fingerprint density at radius 2 is 1.90 bits per heavy atom. The molecule has 0 radical (unpaired) electrons. The number of anilines is 1. The van der Waals surface area contributed by atoms with Gasteiger partial charge in [-0.1, -0.05) is 30.3 Å². The van der Waals surface area contributed by atoms with Crippen molar-refractivity contribution in [3.8, 4) is 17.2 Å². The standard InChI is InChI=1S/C36H34F2N8O4S/c1-22-7-9-25(16-30(22)50-26-5-3-2-4-6-26)46-29-17-31(51-34(29)43-32(39)35(46)48)33(47)42-24-11-13-44(14-12-24)18-36(49,19-45-21-40-20-41-45)27-10-8-23(37)15-28(27)38/h2-10,15-17,20-21,24,49H,11-14,18-19H2,1H3,(H2,39,43)(H,42,47)/i/hD. The third kappa shape index (κ3) is 7.22. The van der Waals surface area contributed by atoms with Crippen LogP contribution in [-0.2, 0) is 12.1 Å². The highest BCUT2D eigenvalue weighted by Gasteiger charge is 2.37. The Bertz CT molecular complexity index is 2300. The fourth-order valence-electron chi connectivity index (χ4n) is 6.28. The van der Waals surface area contributed by atoms with E-state index >= 15 is 0 Å². The van der Waals surface area contributed by atoms with Crippen molar-refractivity contribution < 1.29 is 24.8 Å². The number of nitrogens with two attached hydrogens (primary N) is 1. The van der Waals surface area contributed by atoms with Gasteiger partial charge in [0, 0.05) is 43.4 Å². The van der Waals surface area contributed by atoms with Gasteiger partial charge in [-0.3, -0.25) is 19.1 Å². The van der Waals surface area contributed by atoms with Crippen LogP contribution in [0.4, 0.5) is 14.6 Å². The van der Waals surface area contributed by atoms with Gasteiger partial charge in [-0.25, -0.2) is 23.4 Å². The average Bonchev–Trinajstić information content (AvgIpc) is 3.80. The van der Waals surface area contributed by atoms with Gasteiger partial charge < -0.3 is 20.9 Å². The number of nitrogens with one attached hydrogen (secondary N) is 1. The number of nitrogens with zero attached hydrogens (tertiary/aromatic N) is 6. The lowest BCUT2D eigenvalue weighted by Gasteiger charge is -2.38. The fourth-order valence-corrected chi connectivity index (χ4v) is 7.20. The molecule has 12 nitrogen and oxygen atoms in total. The third-order valence-electron chi connectivity index (χ3n) is 8.86. The molecule has 7 rings (SSSR count). The number of carbonyl (C=O) groups excluding carboxylic acids is 1. The van der Waals surface area contributed by atoms with Crippen molar-refractivity contribution in [2.24, 2.45) is 0 Å². The van der Waals surface area contributed by atoms with Crippen LogP contribution in [0.1, 0.15) is 33.6 Å². The quantitative estimate of drug-likeness (QED) is 0.182. The number of benzene rings is 3. The third-order valence-corrected chi connectivity index (χ3v) is 9.86. The largest absolute Gasteiger partial charge is 0.457 e. The van der Waals surface area contributed by atoms with E-state index in [1.165, 1.54) is 28.0 Å². The maximum absolute atomic E-state index is 14.9. The lowest BCUT2D eigenvalue weighted by atomic mass is 9.91. The van der Waals surface area contributed by atoms with E-state index in [0.717, 1.165) is 34.3 Å². The van der Waals surface area contributed by atoms with Gasteiger partial charge in [0.25, 0.3) is 11.5 Å². The minimum absolute atomic E-state index is 0.00781. The molecular formula is C36H34F2N8O4S. The molecule has 0 saturated carbocycles. The number of hydrogen-bond donors (Lipinski definition) is 3. The number of likely N-dealkylation sites (tertiary alicyclic amines) is 1. The number of aryl methyl sites for hydroxylation is 1. The molecule has 51 heavy (non-hydrogen) atoms. The first-order valence-corrected chi connectivity index (χ1v) is 17.0. The topological polar surface area (TPSA) is 153 Å². The van der Waals surface area contributed by atoms with Crippen LogP contribution in [0.25, 0.3) is 16.0 Å². The van der Waals surface area contributed by atoms with E-state index in [1.807, 2.05) is 48.2 Å². The van der Waals surface area contributed by atoms with Gasteiger partial charge in [0.1, 0.15) is 46.2 Å². The summed E-state index contributed by atoms with van der Waals surface area (Å²) in [5.74, 6) is -1.28. The lowest BCUT2D eigenvalue weighted by Crippen LogP contribution is -2.50. The highest BCUT2D eigenvalue weighted by molar-refractivity contribution is 7.20. The van der Waals surface area contributed by atoms with E-state index in [2.05, 4.69) is 15.1 Å². The number of β-amino-alcohol motifs (C(OH)–C–C–N with tert-alkyl or cyclic N) is 1. The van der Waals surface area contributed by atoms with Crippen LogP contribution < -0.4 is 21.3 Å². The summed E-state index contributed by atoms with van der Waals surface area (Å²) in [4.78, 5) is 37.7. The number of carbonyl (C=O) groups is 1. The molecule has 0 aliphatic carbocycles. The monoisotopic (exact) mass is 713 g/mol. The van der Waals surface area contributed by atoms with Gasteiger partial charge in [-0.15, -0.1) is 11.3 Å². The van der Waals surface area contributed by atoms with E-state index in [1.54, 1.807) is 18.2 Å². The number of amides is 1. The van der Waals surface area contributed by atoms with Gasteiger partial charge in [-0.2, -0.15) is 5.10 Å². The first-order chi connectivity index (χ1) is 25.0. The molecule has 1 amide bonds. The molecule has 1 aliphatic heterocycles. The van der Waals surface area contributed by atoms with Crippen LogP contribution in [0.5, 0.6) is 11.5 Å². The molecule has 0 bridgehead atoms. The van der Waals surface area contributed by atoms with Crippen LogP contribution in [0.3, 0.4) is 0 Å². The number of aromatic nitrogens is 5. The Balaban J connectivity index is 1.09. The smallest absolute Gasteiger partial charge is 0.298 e. The van der Waals surface area contributed by atoms with Crippen LogP contribution in [-0.4, -0.2) is 65.9 Å². The maximum atomic E-state index is 14.9. The molecular weight excluding hydrogens is 679 g/mol. The Labute approximate surface area is 296 Å². The number of piperidine rings is 1. The predicted molar refractivity (Wildman–Crippen MR) is 188 cm³/mol. The number of halogens is 2. The fraction of sp³-hybridized carbons (Fsp3) is 0.250. The number of nitrogen functional groups attached to an aromatic ring is 1. The Kier molecular flexibility index (Phi) is 8.98. The molecule has 4 heterocycles. The molecule has 262 valence electrons. The normalized spacial score (nSPS) is 15.4. The highest BCUT2D eigenvalue weighted by Crippen LogP contribution is 2.32. The van der Waals surface area contributed by atoms with E-state index in [0.29, 0.717) is 53.5 Å². The van der Waals surface area contributed by atoms with Crippen molar-refractivity contribution in [1.82, 2.24) is 34.5 Å². The second kappa shape index (κ2) is 14.0. The van der Waals surface area contributed by atoms with E-state index < -0.39 is 34.7 Å². The average molecular weight is 714 g/mol. The van der Waals surface area contributed by atoms with Crippen LogP contribution in [0, 0.1) is 18.6 Å². The van der Waals surface area contributed by atoms with Crippen LogP contribution in [0.15, 0.2) is 90.2 Å². The van der Waals surface area contributed by atoms with Crippen molar-refractivity contribution >= 4 is 33.4 Å². The molecule has 1 aliphatic rings. The van der Waals surface area contributed by atoms with Crippen molar-refractivity contribution in [3.05, 3.63) is 123 Å². The zero-order chi connectivity index (χ0) is 36.6. The molecule has 4 N–H and O–H groups in total. The molecule has 15 heteroatoms. The molecule has 1 atom stereocenters. The first-order valence-electron chi connectivity index (χ1n) is 16.6. The number of aliphatic hydroxyl groups is 1. The summed E-state index contributed by atoms with van der Waals surface area (Å²) < 4.78 is 46.3. The summed E-state index contributed by atoms with van der Waals surface area (Å²) in [6.45, 7) is 2.53. The minimum atomic E-state index is -1.78. The molecule has 1 fully saturated rings. The molecule has 6 aromatic rings. The van der Waals surface area contributed by atoms with Crippen molar-refractivity contribution in [1.29, 1.82) is 0 Å². The Morgan fingerprint density at radius 1 is 1.12 bits per heavy atom. The Hall–Kier alpha value is -5.51. The first kappa shape index (κ1) is 32.7. The molecule has 0 spiro atoms. The highest BCUT2D eigenvalue weighted by atomic mass is 32.1. The van der Waals surface area contributed by atoms with Crippen molar-refractivity contribution in [2.45, 2.75) is 38.0 Å². The zero-order valence-corrected chi connectivity index (χ0v) is 28.3. The maximum Gasteiger partial charge on any atom is 0.298 e. The lowest BCUT2D eigenvalue weighted by molar-refractivity contribution is -0.0271. The second-order valence-electron chi connectivity index (χ2n) is 12.5. The summed E-state index contributed by atoms with van der Waals surface area (Å²) in [7, 11) is 0. The summed E-state index contributed by atoms with van der Waals surface area (Å²) in [5, 5.41) is 16.7. The summed E-state index contributed by atoms with van der Waals surface area (Å²) in [6, 6.07) is 18.7. The summed E-state index contributed by atoms with van der Waals surface area (Å²) in [6.07, 6.45) is 3.50. The van der Waals surface area contributed by atoms with Crippen molar-refractivity contribution in [3.63, 3.8) is 0 Å². The number of ether oxygens (including phenoxy) is 1.